The van der Waals surface area contributed by atoms with Crippen molar-refractivity contribution >= 4 is 12.0 Å². The third-order valence-electron chi connectivity index (χ3n) is 7.70. The van der Waals surface area contributed by atoms with Crippen LogP contribution in [0.3, 0.4) is 0 Å². The van der Waals surface area contributed by atoms with Crippen LogP contribution in [0.4, 0.5) is 4.79 Å². The van der Waals surface area contributed by atoms with Crippen molar-refractivity contribution in [1.82, 2.24) is 15.1 Å². The van der Waals surface area contributed by atoms with Crippen LogP contribution in [-0.2, 0) is 30.5 Å². The molecule has 0 bridgehead atoms. The van der Waals surface area contributed by atoms with E-state index in [-0.39, 0.29) is 5.91 Å². The van der Waals surface area contributed by atoms with E-state index in [9.17, 15) is 14.7 Å². The molecule has 37 heavy (non-hydrogen) atoms. The molecule has 1 aliphatic heterocycles. The maximum atomic E-state index is 12.9. The van der Waals surface area contributed by atoms with Gasteiger partial charge < -0.3 is 29.7 Å². The number of rotatable bonds is 11. The Morgan fingerprint density at radius 1 is 1.05 bits per heavy atom. The lowest BCUT2D eigenvalue weighted by Gasteiger charge is -2.31. The lowest BCUT2D eigenvalue weighted by Crippen LogP contribution is -2.36. The van der Waals surface area contributed by atoms with Gasteiger partial charge in [-0.3, -0.25) is 4.79 Å². The summed E-state index contributed by atoms with van der Waals surface area (Å²) in [5, 5.41) is 12.7. The first-order valence-corrected chi connectivity index (χ1v) is 13.2. The number of amides is 2. The number of hydrogen-bond donors (Lipinski definition) is 2. The molecule has 0 spiro atoms. The van der Waals surface area contributed by atoms with Crippen molar-refractivity contribution in [2.24, 2.45) is 0 Å². The summed E-state index contributed by atoms with van der Waals surface area (Å²) in [7, 11) is 3.29. The molecule has 0 fully saturated rings. The quantitative estimate of drug-likeness (QED) is 0.451. The Morgan fingerprint density at radius 3 is 2.30 bits per heavy atom. The molecule has 1 atom stereocenters. The van der Waals surface area contributed by atoms with Crippen LogP contribution >= 0.6 is 0 Å². The zero-order chi connectivity index (χ0) is 26.4. The molecule has 1 aliphatic carbocycles. The number of carbonyl (C=O) groups is 2. The zero-order valence-electron chi connectivity index (χ0n) is 22.2. The van der Waals surface area contributed by atoms with Gasteiger partial charge in [0.25, 0.3) is 0 Å². The number of ether oxygens (including phenoxy) is 2. The second-order valence-corrected chi connectivity index (χ2v) is 9.86. The van der Waals surface area contributed by atoms with Crippen molar-refractivity contribution < 1.29 is 24.2 Å². The van der Waals surface area contributed by atoms with Gasteiger partial charge in [0.1, 0.15) is 0 Å². The highest BCUT2D eigenvalue weighted by molar-refractivity contribution is 5.76. The number of hydrogen-bond acceptors (Lipinski definition) is 5. The van der Waals surface area contributed by atoms with Crippen LogP contribution in [0.1, 0.15) is 47.1 Å². The standard InChI is InChI=1S/C29H39N3O5/c1-4-31(29(34)35)12-8-20-5-6-25-23(15-20)16-24(25)19-30-11-7-28(33)32-13-9-21-17-26(36-2)27(37-3)18-22(21)10-14-32/h5-6,15,17-18,24,30H,4,7-14,16,19H2,1-3H3,(H,34,35). The Labute approximate surface area is 219 Å². The van der Waals surface area contributed by atoms with E-state index in [2.05, 4.69) is 23.5 Å². The van der Waals surface area contributed by atoms with Crippen LogP contribution in [0.5, 0.6) is 11.5 Å². The second kappa shape index (κ2) is 12.3. The van der Waals surface area contributed by atoms with Gasteiger partial charge in [0.2, 0.25) is 5.91 Å². The Balaban J connectivity index is 1.19. The highest BCUT2D eigenvalue weighted by Gasteiger charge is 2.26. The summed E-state index contributed by atoms with van der Waals surface area (Å²) in [5.41, 5.74) is 6.36. The van der Waals surface area contributed by atoms with Gasteiger partial charge in [-0.05, 0) is 72.6 Å². The highest BCUT2D eigenvalue weighted by Crippen LogP contribution is 2.35. The molecule has 0 saturated carbocycles. The summed E-state index contributed by atoms with van der Waals surface area (Å²) >= 11 is 0. The normalized spacial score (nSPS) is 16.2. The minimum absolute atomic E-state index is 0.195. The van der Waals surface area contributed by atoms with E-state index < -0.39 is 6.09 Å². The average Bonchev–Trinajstić information content (AvgIpc) is 3.10. The number of benzene rings is 2. The number of likely N-dealkylation sites (N-methyl/N-ethyl adjacent to an activating group) is 1. The third-order valence-corrected chi connectivity index (χ3v) is 7.70. The first-order chi connectivity index (χ1) is 17.9. The first kappa shape index (κ1) is 26.8. The molecule has 0 radical (unpaired) electrons. The second-order valence-electron chi connectivity index (χ2n) is 9.86. The van der Waals surface area contributed by atoms with Gasteiger partial charge in [0, 0.05) is 51.6 Å². The highest BCUT2D eigenvalue weighted by atomic mass is 16.5. The van der Waals surface area contributed by atoms with Crippen molar-refractivity contribution in [3.05, 3.63) is 58.1 Å². The molecule has 2 aromatic carbocycles. The van der Waals surface area contributed by atoms with Crippen molar-refractivity contribution in [2.75, 3.05) is 53.5 Å². The maximum absolute atomic E-state index is 12.9. The van der Waals surface area contributed by atoms with Gasteiger partial charge in [0.15, 0.2) is 11.5 Å². The summed E-state index contributed by atoms with van der Waals surface area (Å²) in [6.07, 6.45) is 3.04. The number of fused-ring (bicyclic) bond motifs is 2. The molecule has 200 valence electrons. The molecule has 1 unspecified atom stereocenters. The molecule has 0 saturated heterocycles. The monoisotopic (exact) mass is 509 g/mol. The van der Waals surface area contributed by atoms with Gasteiger partial charge in [-0.25, -0.2) is 4.79 Å². The van der Waals surface area contributed by atoms with E-state index in [1.54, 1.807) is 14.2 Å². The Bertz CT molecular complexity index is 1080. The first-order valence-electron chi connectivity index (χ1n) is 13.2. The lowest BCUT2D eigenvalue weighted by molar-refractivity contribution is -0.131. The number of methoxy groups -OCH3 is 2. The summed E-state index contributed by atoms with van der Waals surface area (Å²) < 4.78 is 10.9. The molecule has 1 heterocycles. The SMILES string of the molecule is CCN(CCc1ccc2c(c1)CC2CNCCC(=O)N1CCc2cc(OC)c(OC)cc2CC1)C(=O)O. The van der Waals surface area contributed by atoms with Crippen molar-refractivity contribution in [2.45, 2.75) is 44.9 Å². The summed E-state index contributed by atoms with van der Waals surface area (Å²) in [5.74, 6) is 2.14. The molecule has 4 rings (SSSR count). The number of nitrogens with zero attached hydrogens (tertiary/aromatic N) is 2. The van der Waals surface area contributed by atoms with Crippen LogP contribution < -0.4 is 14.8 Å². The smallest absolute Gasteiger partial charge is 0.407 e. The Hall–Kier alpha value is -3.26. The van der Waals surface area contributed by atoms with Gasteiger partial charge >= 0.3 is 6.09 Å². The Morgan fingerprint density at radius 2 is 1.73 bits per heavy atom. The van der Waals surface area contributed by atoms with Gasteiger partial charge in [0.05, 0.1) is 14.2 Å². The van der Waals surface area contributed by atoms with Crippen molar-refractivity contribution in [3.8, 4) is 11.5 Å². The van der Waals surface area contributed by atoms with Crippen LogP contribution in [0.25, 0.3) is 0 Å². The summed E-state index contributed by atoms with van der Waals surface area (Å²) in [4.78, 5) is 27.5. The molecular weight excluding hydrogens is 470 g/mol. The Kier molecular flexibility index (Phi) is 8.92. The van der Waals surface area contributed by atoms with Gasteiger partial charge in [-0.2, -0.15) is 0 Å². The van der Waals surface area contributed by atoms with Crippen LogP contribution in [-0.4, -0.2) is 80.4 Å². The van der Waals surface area contributed by atoms with E-state index in [4.69, 9.17) is 9.47 Å². The van der Waals surface area contributed by atoms with Crippen molar-refractivity contribution in [1.29, 1.82) is 0 Å². The maximum Gasteiger partial charge on any atom is 0.407 e. The molecule has 8 nitrogen and oxygen atoms in total. The van der Waals surface area contributed by atoms with E-state index in [0.717, 1.165) is 56.8 Å². The van der Waals surface area contributed by atoms with E-state index >= 15 is 0 Å². The fourth-order valence-electron chi connectivity index (χ4n) is 5.40. The molecule has 2 N–H and O–H groups in total. The summed E-state index contributed by atoms with van der Waals surface area (Å²) in [6, 6.07) is 10.6. The van der Waals surface area contributed by atoms with Crippen molar-refractivity contribution in [3.63, 3.8) is 0 Å². The summed E-state index contributed by atoms with van der Waals surface area (Å²) in [6.45, 7) is 5.88. The molecule has 0 aromatic heterocycles. The molecule has 8 heteroatoms. The average molecular weight is 510 g/mol. The zero-order valence-corrected chi connectivity index (χ0v) is 22.2. The predicted molar refractivity (Wildman–Crippen MR) is 143 cm³/mol. The largest absolute Gasteiger partial charge is 0.493 e. The molecule has 2 aliphatic rings. The topological polar surface area (TPSA) is 91.3 Å². The number of carboxylic acid groups (broad SMARTS) is 1. The van der Waals surface area contributed by atoms with E-state index in [0.29, 0.717) is 32.0 Å². The van der Waals surface area contributed by atoms with Crippen LogP contribution in [0.15, 0.2) is 30.3 Å². The number of nitrogens with one attached hydrogen (secondary N) is 1. The van der Waals surface area contributed by atoms with Crippen LogP contribution in [0.2, 0.25) is 0 Å². The van der Waals surface area contributed by atoms with Gasteiger partial charge in [-0.1, -0.05) is 18.2 Å². The fourth-order valence-corrected chi connectivity index (χ4v) is 5.40. The third kappa shape index (κ3) is 6.36. The molecule has 2 amide bonds. The van der Waals surface area contributed by atoms with Crippen LogP contribution in [0, 0.1) is 0 Å². The van der Waals surface area contributed by atoms with E-state index in [1.165, 1.54) is 32.7 Å². The van der Waals surface area contributed by atoms with E-state index in [1.807, 2.05) is 24.0 Å². The fraction of sp³-hybridized carbons (Fsp3) is 0.517. The minimum atomic E-state index is -0.863. The lowest BCUT2D eigenvalue weighted by atomic mass is 9.76. The molecule has 2 aromatic rings. The van der Waals surface area contributed by atoms with Gasteiger partial charge in [-0.15, -0.1) is 0 Å². The minimum Gasteiger partial charge on any atom is -0.493 e. The molecular formula is C29H39N3O5. The predicted octanol–water partition coefficient (Wildman–Crippen LogP) is 3.49. The number of carbonyl (C=O) groups excluding carboxylic acids is 1.